The molecule has 1 heterocycles. The second-order valence-electron chi connectivity index (χ2n) is 5.63. The zero-order chi connectivity index (χ0) is 12.8. The number of aromatic nitrogens is 1. The lowest BCUT2D eigenvalue weighted by atomic mass is 10.1. The molecule has 0 bridgehead atoms. The molecule has 1 amide bonds. The maximum Gasteiger partial charge on any atom is 0.252 e. The van der Waals surface area contributed by atoms with Gasteiger partial charge < -0.3 is 5.32 Å². The maximum absolute atomic E-state index is 12.4. The average Bonchev–Trinajstić information content (AvgIpc) is 3.29. The monoisotopic (exact) mass is 252 g/mol. The first-order valence-electron chi connectivity index (χ1n) is 7.02. The van der Waals surface area contributed by atoms with E-state index in [-0.39, 0.29) is 5.91 Å². The highest BCUT2D eigenvalue weighted by Gasteiger charge is 2.28. The Balaban J connectivity index is 1.82. The predicted molar refractivity (Wildman–Crippen MR) is 74.2 cm³/mol. The normalized spacial score (nSPS) is 18.5. The Morgan fingerprint density at radius 3 is 2.68 bits per heavy atom. The minimum absolute atomic E-state index is 0.0583. The van der Waals surface area contributed by atoms with Crippen LogP contribution >= 0.6 is 0 Å². The fourth-order valence-corrected chi connectivity index (χ4v) is 2.46. The van der Waals surface area contributed by atoms with Crippen molar-refractivity contribution in [3.05, 3.63) is 41.6 Å². The Morgan fingerprint density at radius 1 is 1.16 bits per heavy atom. The highest BCUT2D eigenvalue weighted by molar-refractivity contribution is 6.06. The molecule has 3 nitrogen and oxygen atoms in total. The molecule has 96 valence electrons. The lowest BCUT2D eigenvalue weighted by molar-refractivity contribution is 0.0952. The van der Waals surface area contributed by atoms with Crippen LogP contribution in [0, 0.1) is 0 Å². The molecular formula is C16H16N2O. The summed E-state index contributed by atoms with van der Waals surface area (Å²) in [5, 5.41) is 4.05. The second kappa shape index (κ2) is 4.05. The first-order chi connectivity index (χ1) is 9.31. The SMILES string of the molecule is O=C(NC1CC1)c1cc(C2CC2)nc2ccccc12. The highest BCUT2D eigenvalue weighted by Crippen LogP contribution is 2.40. The van der Waals surface area contributed by atoms with Crippen LogP contribution in [-0.4, -0.2) is 16.9 Å². The molecule has 0 unspecified atom stereocenters. The number of nitrogens with zero attached hydrogens (tertiary/aromatic N) is 1. The molecule has 2 aromatic rings. The van der Waals surface area contributed by atoms with Gasteiger partial charge in [0.1, 0.15) is 0 Å². The zero-order valence-corrected chi connectivity index (χ0v) is 10.7. The molecule has 2 aliphatic rings. The molecule has 2 aliphatic carbocycles. The molecule has 19 heavy (non-hydrogen) atoms. The molecule has 0 saturated heterocycles. The van der Waals surface area contributed by atoms with Crippen LogP contribution in [0.5, 0.6) is 0 Å². The highest BCUT2D eigenvalue weighted by atomic mass is 16.1. The third-order valence-corrected chi connectivity index (χ3v) is 3.89. The first kappa shape index (κ1) is 11.0. The largest absolute Gasteiger partial charge is 0.349 e. The third-order valence-electron chi connectivity index (χ3n) is 3.89. The lowest BCUT2D eigenvalue weighted by Gasteiger charge is -2.09. The average molecular weight is 252 g/mol. The number of pyridine rings is 1. The van der Waals surface area contributed by atoms with Crippen LogP contribution in [0.4, 0.5) is 0 Å². The summed E-state index contributed by atoms with van der Waals surface area (Å²) in [6.07, 6.45) is 4.64. The van der Waals surface area contributed by atoms with Gasteiger partial charge in [0.25, 0.3) is 5.91 Å². The molecule has 2 saturated carbocycles. The van der Waals surface area contributed by atoms with E-state index in [1.54, 1.807) is 0 Å². The quantitative estimate of drug-likeness (QED) is 0.912. The Bertz CT molecular complexity index is 657. The van der Waals surface area contributed by atoms with E-state index in [4.69, 9.17) is 4.98 Å². The summed E-state index contributed by atoms with van der Waals surface area (Å²) in [7, 11) is 0. The van der Waals surface area contributed by atoms with Crippen molar-refractivity contribution >= 4 is 16.8 Å². The van der Waals surface area contributed by atoms with Gasteiger partial charge in [-0.1, -0.05) is 18.2 Å². The van der Waals surface area contributed by atoms with E-state index in [0.717, 1.165) is 35.0 Å². The predicted octanol–water partition coefficient (Wildman–Crippen LogP) is 3.00. The molecule has 1 aromatic heterocycles. The van der Waals surface area contributed by atoms with Crippen LogP contribution in [0.1, 0.15) is 47.7 Å². The minimum atomic E-state index is 0.0583. The third kappa shape index (κ3) is 2.09. The summed E-state index contributed by atoms with van der Waals surface area (Å²) in [6, 6.07) is 10.3. The van der Waals surface area contributed by atoms with Crippen LogP contribution in [0.2, 0.25) is 0 Å². The van der Waals surface area contributed by atoms with Crippen LogP contribution in [-0.2, 0) is 0 Å². The summed E-state index contributed by atoms with van der Waals surface area (Å²) in [4.78, 5) is 17.1. The maximum atomic E-state index is 12.4. The van der Waals surface area contributed by atoms with Gasteiger partial charge in [-0.05, 0) is 37.8 Å². The summed E-state index contributed by atoms with van der Waals surface area (Å²) < 4.78 is 0. The molecule has 0 spiro atoms. The fraction of sp³-hybridized carbons (Fsp3) is 0.375. The number of fused-ring (bicyclic) bond motifs is 1. The molecule has 0 radical (unpaired) electrons. The van der Waals surface area contributed by atoms with Gasteiger partial charge >= 0.3 is 0 Å². The van der Waals surface area contributed by atoms with E-state index in [0.29, 0.717) is 12.0 Å². The molecule has 0 aliphatic heterocycles. The van der Waals surface area contributed by atoms with Crippen molar-refractivity contribution in [1.29, 1.82) is 0 Å². The molecule has 1 aromatic carbocycles. The van der Waals surface area contributed by atoms with Crippen molar-refractivity contribution in [3.63, 3.8) is 0 Å². The van der Waals surface area contributed by atoms with Gasteiger partial charge in [-0.3, -0.25) is 9.78 Å². The van der Waals surface area contributed by atoms with Crippen molar-refractivity contribution in [2.24, 2.45) is 0 Å². The zero-order valence-electron chi connectivity index (χ0n) is 10.7. The van der Waals surface area contributed by atoms with Gasteiger partial charge in [-0.15, -0.1) is 0 Å². The lowest BCUT2D eigenvalue weighted by Crippen LogP contribution is -2.25. The van der Waals surface area contributed by atoms with Crippen LogP contribution in [0.25, 0.3) is 10.9 Å². The number of para-hydroxylation sites is 1. The standard InChI is InChI=1S/C16H16N2O/c19-16(17-11-7-8-11)13-9-15(10-5-6-10)18-14-4-2-1-3-12(13)14/h1-4,9-11H,5-8H2,(H,17,19). The van der Waals surface area contributed by atoms with Crippen LogP contribution in [0.3, 0.4) is 0 Å². The van der Waals surface area contributed by atoms with Gasteiger partial charge in [0.2, 0.25) is 0 Å². The van der Waals surface area contributed by atoms with Crippen molar-refractivity contribution in [2.45, 2.75) is 37.6 Å². The molecule has 0 atom stereocenters. The van der Waals surface area contributed by atoms with Gasteiger partial charge in [-0.25, -0.2) is 0 Å². The Morgan fingerprint density at radius 2 is 1.95 bits per heavy atom. The van der Waals surface area contributed by atoms with Crippen molar-refractivity contribution in [1.82, 2.24) is 10.3 Å². The van der Waals surface area contributed by atoms with E-state index in [9.17, 15) is 4.79 Å². The van der Waals surface area contributed by atoms with Crippen LogP contribution in [0.15, 0.2) is 30.3 Å². The summed E-state index contributed by atoms with van der Waals surface area (Å²) >= 11 is 0. The van der Waals surface area contributed by atoms with Gasteiger partial charge in [-0.2, -0.15) is 0 Å². The number of hydrogen-bond donors (Lipinski definition) is 1. The fourth-order valence-electron chi connectivity index (χ4n) is 2.46. The molecule has 1 N–H and O–H groups in total. The van der Waals surface area contributed by atoms with Crippen molar-refractivity contribution in [3.8, 4) is 0 Å². The second-order valence-corrected chi connectivity index (χ2v) is 5.63. The number of carbonyl (C=O) groups is 1. The summed E-state index contributed by atoms with van der Waals surface area (Å²) in [6.45, 7) is 0. The Kier molecular flexibility index (Phi) is 2.34. The summed E-state index contributed by atoms with van der Waals surface area (Å²) in [5.41, 5.74) is 2.81. The van der Waals surface area contributed by atoms with E-state index in [2.05, 4.69) is 5.32 Å². The number of hydrogen-bond acceptors (Lipinski definition) is 2. The number of nitrogens with one attached hydrogen (secondary N) is 1. The van der Waals surface area contributed by atoms with E-state index in [1.807, 2.05) is 30.3 Å². The van der Waals surface area contributed by atoms with E-state index in [1.165, 1.54) is 12.8 Å². The van der Waals surface area contributed by atoms with Gasteiger partial charge in [0.15, 0.2) is 0 Å². The van der Waals surface area contributed by atoms with Crippen molar-refractivity contribution < 1.29 is 4.79 Å². The van der Waals surface area contributed by atoms with Gasteiger partial charge in [0, 0.05) is 23.0 Å². The number of carbonyl (C=O) groups excluding carboxylic acids is 1. The van der Waals surface area contributed by atoms with Crippen molar-refractivity contribution in [2.75, 3.05) is 0 Å². The summed E-state index contributed by atoms with van der Waals surface area (Å²) in [5.74, 6) is 0.625. The first-order valence-corrected chi connectivity index (χ1v) is 7.02. The van der Waals surface area contributed by atoms with E-state index < -0.39 is 0 Å². The van der Waals surface area contributed by atoms with E-state index >= 15 is 0 Å². The van der Waals surface area contributed by atoms with Crippen LogP contribution < -0.4 is 5.32 Å². The molecular weight excluding hydrogens is 236 g/mol. The van der Waals surface area contributed by atoms with Gasteiger partial charge in [0.05, 0.1) is 11.1 Å². The molecule has 2 fully saturated rings. The smallest absolute Gasteiger partial charge is 0.252 e. The Hall–Kier alpha value is -1.90. The minimum Gasteiger partial charge on any atom is -0.349 e. The Labute approximate surface area is 112 Å². The molecule has 3 heteroatoms. The molecule has 4 rings (SSSR count). The number of benzene rings is 1. The topological polar surface area (TPSA) is 42.0 Å². The number of amides is 1. The number of rotatable bonds is 3.